The van der Waals surface area contributed by atoms with E-state index in [0.717, 1.165) is 28.8 Å². The van der Waals surface area contributed by atoms with Crippen LogP contribution in [-0.4, -0.2) is 35.1 Å². The predicted molar refractivity (Wildman–Crippen MR) is 105 cm³/mol. The quantitative estimate of drug-likeness (QED) is 0.665. The Morgan fingerprint density at radius 1 is 1.31 bits per heavy atom. The van der Waals surface area contributed by atoms with Gasteiger partial charge in [-0.2, -0.15) is 0 Å². The first-order chi connectivity index (χ1) is 13.8. The fraction of sp³-hybridized carbons (Fsp3) is 0.300. The molecule has 4 rings (SSSR count). The summed E-state index contributed by atoms with van der Waals surface area (Å²) in [5.41, 5.74) is 2.39. The molecule has 0 bridgehead atoms. The van der Waals surface area contributed by atoms with E-state index in [1.54, 1.807) is 23.8 Å². The zero-order valence-corrected chi connectivity index (χ0v) is 16.5. The van der Waals surface area contributed by atoms with Crippen molar-refractivity contribution in [1.82, 2.24) is 14.3 Å². The summed E-state index contributed by atoms with van der Waals surface area (Å²) >= 11 is 0. The molecular weight excluding hydrogens is 397 g/mol. The lowest BCUT2D eigenvalue weighted by Gasteiger charge is -2.25. The Labute approximate surface area is 167 Å². The van der Waals surface area contributed by atoms with Crippen LogP contribution in [0.15, 0.2) is 47.5 Å². The molecule has 3 aromatic rings. The highest BCUT2D eigenvalue weighted by Crippen LogP contribution is 2.34. The second kappa shape index (κ2) is 7.23. The molecule has 0 fully saturated rings. The summed E-state index contributed by atoms with van der Waals surface area (Å²) in [7, 11) is -3.79. The van der Waals surface area contributed by atoms with E-state index in [1.165, 1.54) is 12.1 Å². The lowest BCUT2D eigenvalue weighted by atomic mass is 9.92. The van der Waals surface area contributed by atoms with Gasteiger partial charge in [-0.1, -0.05) is 0 Å². The zero-order valence-electron chi connectivity index (χ0n) is 15.7. The van der Waals surface area contributed by atoms with Gasteiger partial charge in [-0.25, -0.2) is 27.3 Å². The number of aliphatic carboxylic acids is 1. The average molecular weight is 417 g/mol. The molecule has 0 saturated heterocycles. The van der Waals surface area contributed by atoms with Crippen molar-refractivity contribution < 1.29 is 22.7 Å². The van der Waals surface area contributed by atoms with Gasteiger partial charge in [-0.15, -0.1) is 0 Å². The summed E-state index contributed by atoms with van der Waals surface area (Å²) in [4.78, 5) is 16.0. The van der Waals surface area contributed by atoms with Crippen LogP contribution in [0.25, 0.3) is 11.0 Å². The Morgan fingerprint density at radius 2 is 2.03 bits per heavy atom. The number of carbonyl (C=O) groups is 1. The molecule has 2 atom stereocenters. The van der Waals surface area contributed by atoms with Gasteiger partial charge in [0.2, 0.25) is 10.0 Å². The lowest BCUT2D eigenvalue weighted by Crippen LogP contribution is -2.39. The maximum absolute atomic E-state index is 13.1. The Kier molecular flexibility index (Phi) is 4.87. The summed E-state index contributed by atoms with van der Waals surface area (Å²) in [5.74, 6) is -1.45. The summed E-state index contributed by atoms with van der Waals surface area (Å²) < 4.78 is 42.9. The van der Waals surface area contributed by atoms with Crippen LogP contribution >= 0.6 is 0 Å². The van der Waals surface area contributed by atoms with Crippen LogP contribution in [0.4, 0.5) is 4.39 Å². The maximum Gasteiger partial charge on any atom is 0.326 e. The highest BCUT2D eigenvalue weighted by molar-refractivity contribution is 7.89. The molecule has 2 unspecified atom stereocenters. The van der Waals surface area contributed by atoms with Crippen molar-refractivity contribution in [2.45, 2.75) is 43.2 Å². The summed E-state index contributed by atoms with van der Waals surface area (Å²) in [6, 6.07) is 7.22. The van der Waals surface area contributed by atoms with Crippen molar-refractivity contribution in [2.24, 2.45) is 0 Å². The maximum atomic E-state index is 13.1. The van der Waals surface area contributed by atoms with E-state index in [4.69, 9.17) is 0 Å². The van der Waals surface area contributed by atoms with Gasteiger partial charge >= 0.3 is 5.97 Å². The average Bonchev–Trinajstić information content (AvgIpc) is 3.01. The number of fused-ring (bicyclic) bond motifs is 3. The van der Waals surface area contributed by atoms with Crippen LogP contribution in [0.3, 0.4) is 0 Å². The standard InChI is InChI=1S/C20H20FN3O4S/c1-12(20(25)26)24-18-9-6-14(11-17(18)16-3-2-10-22-19(16)24)23-29(27,28)15-7-4-13(21)5-8-15/h2-5,7-8,10,12,14,23H,6,9,11H2,1H3,(H,25,26). The fourth-order valence-electron chi connectivity index (χ4n) is 3.94. The van der Waals surface area contributed by atoms with Crippen LogP contribution < -0.4 is 4.72 Å². The predicted octanol–water partition coefficient (Wildman–Crippen LogP) is 2.66. The number of benzene rings is 1. The van der Waals surface area contributed by atoms with Crippen molar-refractivity contribution in [3.63, 3.8) is 0 Å². The largest absolute Gasteiger partial charge is 0.480 e. The molecule has 0 amide bonds. The van der Waals surface area contributed by atoms with E-state index < -0.39 is 27.9 Å². The van der Waals surface area contributed by atoms with Crippen LogP contribution in [0.1, 0.15) is 30.6 Å². The van der Waals surface area contributed by atoms with Gasteiger partial charge in [0.25, 0.3) is 0 Å². The van der Waals surface area contributed by atoms with E-state index in [0.29, 0.717) is 24.9 Å². The number of carboxylic acids is 1. The molecule has 1 aliphatic rings. The number of rotatable bonds is 5. The van der Waals surface area contributed by atoms with Crippen LogP contribution in [0, 0.1) is 5.82 Å². The smallest absolute Gasteiger partial charge is 0.326 e. The van der Waals surface area contributed by atoms with E-state index in [1.807, 2.05) is 6.07 Å². The third kappa shape index (κ3) is 3.51. The number of sulfonamides is 1. The second-order valence-electron chi connectivity index (χ2n) is 7.20. The first-order valence-corrected chi connectivity index (χ1v) is 10.7. The highest BCUT2D eigenvalue weighted by atomic mass is 32.2. The molecule has 1 aromatic carbocycles. The molecule has 7 nitrogen and oxygen atoms in total. The summed E-state index contributed by atoms with van der Waals surface area (Å²) in [5, 5.41) is 10.3. The monoisotopic (exact) mass is 417 g/mol. The first kappa shape index (κ1) is 19.5. The number of nitrogens with zero attached hydrogens (tertiary/aromatic N) is 2. The molecule has 2 N–H and O–H groups in total. The minimum atomic E-state index is -3.79. The molecule has 1 aliphatic carbocycles. The lowest BCUT2D eigenvalue weighted by molar-refractivity contribution is -0.140. The number of nitrogens with one attached hydrogen (secondary N) is 1. The minimum absolute atomic E-state index is 0.00768. The molecule has 2 heterocycles. The zero-order chi connectivity index (χ0) is 20.8. The van der Waals surface area contributed by atoms with E-state index >= 15 is 0 Å². The third-order valence-corrected chi connectivity index (χ3v) is 6.89. The molecule has 0 spiro atoms. The van der Waals surface area contributed by atoms with Crippen LogP contribution in [0.5, 0.6) is 0 Å². The second-order valence-corrected chi connectivity index (χ2v) is 8.91. The Hall–Kier alpha value is -2.78. The van der Waals surface area contributed by atoms with Gasteiger partial charge < -0.3 is 9.67 Å². The van der Waals surface area contributed by atoms with E-state index in [2.05, 4.69) is 9.71 Å². The Morgan fingerprint density at radius 3 is 2.72 bits per heavy atom. The molecule has 152 valence electrons. The normalized spacial score (nSPS) is 17.8. The van der Waals surface area contributed by atoms with Gasteiger partial charge in [-0.3, -0.25) is 0 Å². The summed E-state index contributed by atoms with van der Waals surface area (Å²) in [6.45, 7) is 1.61. The summed E-state index contributed by atoms with van der Waals surface area (Å²) in [6.07, 6.45) is 3.10. The number of aromatic nitrogens is 2. The Bertz CT molecular complexity index is 1190. The van der Waals surface area contributed by atoms with E-state index in [9.17, 15) is 22.7 Å². The molecule has 0 aliphatic heterocycles. The van der Waals surface area contributed by atoms with Crippen molar-refractivity contribution in [3.8, 4) is 0 Å². The van der Waals surface area contributed by atoms with Crippen molar-refractivity contribution in [1.29, 1.82) is 0 Å². The molecule has 29 heavy (non-hydrogen) atoms. The minimum Gasteiger partial charge on any atom is -0.480 e. The number of pyridine rings is 1. The van der Waals surface area contributed by atoms with E-state index in [-0.39, 0.29) is 10.9 Å². The van der Waals surface area contributed by atoms with Crippen molar-refractivity contribution >= 4 is 27.0 Å². The third-order valence-electron chi connectivity index (χ3n) is 5.35. The topological polar surface area (TPSA) is 101 Å². The molecule has 0 saturated carbocycles. The van der Waals surface area contributed by atoms with Crippen LogP contribution in [0.2, 0.25) is 0 Å². The highest BCUT2D eigenvalue weighted by Gasteiger charge is 2.31. The molecule has 9 heteroatoms. The Balaban J connectivity index is 1.68. The molecule has 2 aromatic heterocycles. The van der Waals surface area contributed by atoms with Crippen molar-refractivity contribution in [2.75, 3.05) is 0 Å². The van der Waals surface area contributed by atoms with Gasteiger partial charge in [0.1, 0.15) is 17.5 Å². The van der Waals surface area contributed by atoms with Gasteiger partial charge in [0, 0.05) is 23.3 Å². The fourth-order valence-corrected chi connectivity index (χ4v) is 5.21. The SMILES string of the molecule is CC(C(=O)O)n1c2c(c3cccnc31)CC(NS(=O)(=O)c1ccc(F)cc1)CC2. The van der Waals surface area contributed by atoms with Crippen molar-refractivity contribution in [3.05, 3.63) is 59.7 Å². The molecule has 0 radical (unpaired) electrons. The number of hydrogen-bond donors (Lipinski definition) is 2. The van der Waals surface area contributed by atoms with Crippen LogP contribution in [-0.2, 0) is 27.7 Å². The number of halogens is 1. The molecular formula is C20H20FN3O4S. The van der Waals surface area contributed by atoms with Gasteiger partial charge in [0.15, 0.2) is 0 Å². The number of carboxylic acid groups (broad SMARTS) is 1. The van der Waals surface area contributed by atoms with Gasteiger partial charge in [-0.05, 0) is 68.1 Å². The number of hydrogen-bond acceptors (Lipinski definition) is 4. The first-order valence-electron chi connectivity index (χ1n) is 9.25. The van der Waals surface area contributed by atoms with Gasteiger partial charge in [0.05, 0.1) is 4.90 Å².